The van der Waals surface area contributed by atoms with Gasteiger partial charge in [-0.25, -0.2) is 0 Å². The fraction of sp³-hybridized carbons (Fsp3) is 0.188. The van der Waals surface area contributed by atoms with Crippen molar-refractivity contribution in [1.29, 1.82) is 0 Å². The Morgan fingerprint density at radius 1 is 1.00 bits per heavy atom. The fourth-order valence-electron chi connectivity index (χ4n) is 2.31. The van der Waals surface area contributed by atoms with Gasteiger partial charge in [0.1, 0.15) is 5.75 Å². The Labute approximate surface area is 112 Å². The van der Waals surface area contributed by atoms with E-state index in [1.807, 2.05) is 44.2 Å². The van der Waals surface area contributed by atoms with Crippen LogP contribution in [0.4, 0.5) is 5.69 Å². The molecule has 0 saturated heterocycles. The summed E-state index contributed by atoms with van der Waals surface area (Å²) in [6, 6.07) is 12.1. The second-order valence-electron chi connectivity index (χ2n) is 4.89. The molecule has 1 aliphatic rings. The molecule has 96 valence electrons. The number of aryl methyl sites for hydroxylation is 2. The lowest BCUT2D eigenvalue weighted by Gasteiger charge is -2.19. The van der Waals surface area contributed by atoms with Crippen molar-refractivity contribution in [2.45, 2.75) is 13.8 Å². The lowest BCUT2D eigenvalue weighted by atomic mass is 9.98. The van der Waals surface area contributed by atoms with Crippen LogP contribution in [0.15, 0.2) is 36.4 Å². The lowest BCUT2D eigenvalue weighted by molar-refractivity contribution is -0.118. The molecule has 0 fully saturated rings. The molecule has 0 aliphatic carbocycles. The van der Waals surface area contributed by atoms with Crippen LogP contribution in [0, 0.1) is 13.8 Å². The minimum absolute atomic E-state index is 0.0451. The van der Waals surface area contributed by atoms with E-state index in [1.54, 1.807) is 0 Å². The average Bonchev–Trinajstić information content (AvgIpc) is 2.36. The Morgan fingerprint density at radius 3 is 2.58 bits per heavy atom. The van der Waals surface area contributed by atoms with E-state index in [2.05, 4.69) is 11.4 Å². The first-order valence-corrected chi connectivity index (χ1v) is 6.28. The number of benzene rings is 2. The van der Waals surface area contributed by atoms with Gasteiger partial charge < -0.3 is 10.1 Å². The van der Waals surface area contributed by atoms with Crippen LogP contribution in [-0.2, 0) is 4.79 Å². The summed E-state index contributed by atoms with van der Waals surface area (Å²) in [7, 11) is 0. The summed E-state index contributed by atoms with van der Waals surface area (Å²) in [6.45, 7) is 4.10. The fourth-order valence-corrected chi connectivity index (χ4v) is 2.31. The molecule has 2 aromatic rings. The largest absolute Gasteiger partial charge is 0.483 e. The van der Waals surface area contributed by atoms with E-state index in [0.29, 0.717) is 0 Å². The van der Waals surface area contributed by atoms with Gasteiger partial charge in [0.15, 0.2) is 6.61 Å². The molecule has 1 heterocycles. The Balaban J connectivity index is 2.26. The van der Waals surface area contributed by atoms with E-state index in [4.69, 9.17) is 4.74 Å². The molecule has 19 heavy (non-hydrogen) atoms. The summed E-state index contributed by atoms with van der Waals surface area (Å²) in [5.41, 5.74) is 5.16. The van der Waals surface area contributed by atoms with Crippen LogP contribution in [0.1, 0.15) is 11.1 Å². The Bertz CT molecular complexity index is 662. The molecule has 1 N–H and O–H groups in total. The maximum atomic E-state index is 11.8. The third kappa shape index (κ3) is 2.19. The van der Waals surface area contributed by atoms with E-state index in [0.717, 1.165) is 28.1 Å². The van der Waals surface area contributed by atoms with Crippen LogP contribution in [0.25, 0.3) is 11.1 Å². The van der Waals surface area contributed by atoms with Crippen LogP contribution in [0.3, 0.4) is 0 Å². The van der Waals surface area contributed by atoms with Crippen molar-refractivity contribution < 1.29 is 9.53 Å². The first-order chi connectivity index (χ1) is 9.13. The van der Waals surface area contributed by atoms with Crippen LogP contribution < -0.4 is 10.1 Å². The third-order valence-electron chi connectivity index (χ3n) is 3.23. The van der Waals surface area contributed by atoms with Crippen LogP contribution in [0.5, 0.6) is 5.75 Å². The molecular formula is C16H15NO2. The Morgan fingerprint density at radius 2 is 1.74 bits per heavy atom. The molecule has 0 unspecified atom stereocenters. The molecular weight excluding hydrogens is 238 g/mol. The second kappa shape index (κ2) is 4.43. The highest BCUT2D eigenvalue weighted by atomic mass is 16.5. The minimum atomic E-state index is -0.127. The number of carbonyl (C=O) groups excluding carboxylic acids is 1. The van der Waals surface area contributed by atoms with Gasteiger partial charge in [-0.1, -0.05) is 23.8 Å². The van der Waals surface area contributed by atoms with Crippen molar-refractivity contribution in [1.82, 2.24) is 0 Å². The van der Waals surface area contributed by atoms with Gasteiger partial charge in [-0.3, -0.25) is 4.79 Å². The lowest BCUT2D eigenvalue weighted by Crippen LogP contribution is -2.22. The SMILES string of the molecule is Cc1ccc2c(c1)NC(=O)COc1ccc(C)cc1-2. The molecule has 1 amide bonds. The topological polar surface area (TPSA) is 38.3 Å². The number of hydrogen-bond acceptors (Lipinski definition) is 2. The zero-order valence-electron chi connectivity index (χ0n) is 11.0. The molecule has 0 bridgehead atoms. The molecule has 0 spiro atoms. The first-order valence-electron chi connectivity index (χ1n) is 6.28. The maximum Gasteiger partial charge on any atom is 0.262 e. The average molecular weight is 253 g/mol. The molecule has 0 saturated carbocycles. The van der Waals surface area contributed by atoms with Crippen LogP contribution in [0.2, 0.25) is 0 Å². The van der Waals surface area contributed by atoms with Gasteiger partial charge in [-0.15, -0.1) is 0 Å². The van der Waals surface area contributed by atoms with Crippen molar-refractivity contribution >= 4 is 11.6 Å². The molecule has 0 aromatic heterocycles. The van der Waals surface area contributed by atoms with Crippen molar-refractivity contribution in [2.75, 3.05) is 11.9 Å². The van der Waals surface area contributed by atoms with Crippen LogP contribution >= 0.6 is 0 Å². The number of carbonyl (C=O) groups is 1. The van der Waals surface area contributed by atoms with Crippen molar-refractivity contribution in [3.63, 3.8) is 0 Å². The Kier molecular flexibility index (Phi) is 2.75. The van der Waals surface area contributed by atoms with Gasteiger partial charge in [-0.2, -0.15) is 0 Å². The van der Waals surface area contributed by atoms with Gasteiger partial charge in [0, 0.05) is 16.8 Å². The standard InChI is InChI=1S/C16H15NO2/c1-10-4-6-15-13(7-10)12-5-3-11(2)8-14(12)17-16(18)9-19-15/h3-8H,9H2,1-2H3,(H,17,18). The molecule has 0 radical (unpaired) electrons. The van der Waals surface area contributed by atoms with E-state index in [1.165, 1.54) is 5.56 Å². The number of anilines is 1. The van der Waals surface area contributed by atoms with E-state index >= 15 is 0 Å². The summed E-state index contributed by atoms with van der Waals surface area (Å²) in [4.78, 5) is 11.8. The Hall–Kier alpha value is -2.29. The first kappa shape index (κ1) is 11.8. The monoisotopic (exact) mass is 253 g/mol. The number of nitrogens with one attached hydrogen (secondary N) is 1. The molecule has 0 atom stereocenters. The van der Waals surface area contributed by atoms with Gasteiger partial charge in [-0.05, 0) is 37.6 Å². The maximum absolute atomic E-state index is 11.8. The van der Waals surface area contributed by atoms with E-state index < -0.39 is 0 Å². The molecule has 3 heteroatoms. The molecule has 1 aliphatic heterocycles. The van der Waals surface area contributed by atoms with Gasteiger partial charge in [0.25, 0.3) is 5.91 Å². The second-order valence-corrected chi connectivity index (χ2v) is 4.89. The van der Waals surface area contributed by atoms with Gasteiger partial charge in [0.05, 0.1) is 0 Å². The third-order valence-corrected chi connectivity index (χ3v) is 3.23. The molecule has 3 rings (SSSR count). The van der Waals surface area contributed by atoms with Gasteiger partial charge in [0.2, 0.25) is 0 Å². The van der Waals surface area contributed by atoms with Gasteiger partial charge >= 0.3 is 0 Å². The highest BCUT2D eigenvalue weighted by Gasteiger charge is 2.17. The summed E-state index contributed by atoms with van der Waals surface area (Å²) < 4.78 is 5.57. The van der Waals surface area contributed by atoms with E-state index in [9.17, 15) is 4.79 Å². The summed E-state index contributed by atoms with van der Waals surface area (Å²) in [6.07, 6.45) is 0. The molecule has 2 aromatic carbocycles. The number of hydrogen-bond donors (Lipinski definition) is 1. The summed E-state index contributed by atoms with van der Waals surface area (Å²) in [5, 5.41) is 2.90. The van der Waals surface area contributed by atoms with Crippen molar-refractivity contribution in [2.24, 2.45) is 0 Å². The highest BCUT2D eigenvalue weighted by Crippen LogP contribution is 2.37. The predicted octanol–water partition coefficient (Wildman–Crippen LogP) is 3.30. The van der Waals surface area contributed by atoms with Crippen molar-refractivity contribution in [3.05, 3.63) is 47.5 Å². The zero-order valence-corrected chi connectivity index (χ0v) is 11.0. The number of amides is 1. The molecule has 3 nitrogen and oxygen atoms in total. The number of fused-ring (bicyclic) bond motifs is 3. The quantitative estimate of drug-likeness (QED) is 0.782. The van der Waals surface area contributed by atoms with Crippen LogP contribution in [-0.4, -0.2) is 12.5 Å². The summed E-state index contributed by atoms with van der Waals surface area (Å²) in [5.74, 6) is 0.628. The number of rotatable bonds is 0. The minimum Gasteiger partial charge on any atom is -0.483 e. The van der Waals surface area contributed by atoms with Crippen molar-refractivity contribution in [3.8, 4) is 16.9 Å². The predicted molar refractivity (Wildman–Crippen MR) is 75.5 cm³/mol. The normalized spacial score (nSPS) is 13.5. The zero-order chi connectivity index (χ0) is 13.4. The number of ether oxygens (including phenoxy) is 1. The smallest absolute Gasteiger partial charge is 0.262 e. The summed E-state index contributed by atoms with van der Waals surface area (Å²) >= 11 is 0. The van der Waals surface area contributed by atoms with E-state index in [-0.39, 0.29) is 12.5 Å². The highest BCUT2D eigenvalue weighted by molar-refractivity contribution is 5.98.